The average molecular weight is 276 g/mol. The van der Waals surface area contributed by atoms with E-state index < -0.39 is 5.82 Å². The number of halogens is 2. The first-order chi connectivity index (χ1) is 9.10. The number of hydrogen-bond acceptors (Lipinski definition) is 2. The third-order valence-corrected chi connectivity index (χ3v) is 2.95. The van der Waals surface area contributed by atoms with Crippen LogP contribution in [0.25, 0.3) is 0 Å². The largest absolute Gasteiger partial charge is 0.487 e. The fourth-order valence-corrected chi connectivity index (χ4v) is 1.90. The molecule has 0 radical (unpaired) electrons. The predicted molar refractivity (Wildman–Crippen MR) is 71.6 cm³/mol. The minimum Gasteiger partial charge on any atom is -0.487 e. The van der Waals surface area contributed by atoms with E-state index in [0.29, 0.717) is 16.3 Å². The van der Waals surface area contributed by atoms with Gasteiger partial charge < -0.3 is 4.74 Å². The van der Waals surface area contributed by atoms with Crippen LogP contribution >= 0.6 is 11.6 Å². The molecular weight excluding hydrogens is 265 g/mol. The van der Waals surface area contributed by atoms with Crippen molar-refractivity contribution in [2.75, 3.05) is 0 Å². The summed E-state index contributed by atoms with van der Waals surface area (Å²) in [6, 6.07) is 11.6. The Morgan fingerprint density at radius 3 is 2.68 bits per heavy atom. The summed E-state index contributed by atoms with van der Waals surface area (Å²) >= 11 is 6.02. The quantitative estimate of drug-likeness (QED) is 0.839. The molecule has 0 spiro atoms. The van der Waals surface area contributed by atoms with Gasteiger partial charge in [-0.1, -0.05) is 23.7 Å². The zero-order valence-corrected chi connectivity index (χ0v) is 11.0. The van der Waals surface area contributed by atoms with Crippen LogP contribution < -0.4 is 4.74 Å². The lowest BCUT2D eigenvalue weighted by Crippen LogP contribution is -1.99. The first-order valence-corrected chi connectivity index (χ1v) is 6.05. The third kappa shape index (κ3) is 3.24. The third-order valence-electron chi connectivity index (χ3n) is 2.65. The van der Waals surface area contributed by atoms with Crippen LogP contribution in [0.1, 0.15) is 16.7 Å². The Hall–Kier alpha value is -2.05. The van der Waals surface area contributed by atoms with Gasteiger partial charge in [0.25, 0.3) is 0 Å². The summed E-state index contributed by atoms with van der Waals surface area (Å²) in [6.45, 7) is 2.00. The molecule has 0 aliphatic carbocycles. The topological polar surface area (TPSA) is 33.0 Å². The number of nitrogens with zero attached hydrogens (tertiary/aromatic N) is 1. The number of rotatable bonds is 3. The van der Waals surface area contributed by atoms with Crippen LogP contribution in [0.2, 0.25) is 5.02 Å². The second-order valence-electron chi connectivity index (χ2n) is 4.14. The lowest BCUT2D eigenvalue weighted by Gasteiger charge is -2.09. The number of aryl methyl sites for hydroxylation is 1. The number of benzene rings is 2. The van der Waals surface area contributed by atoms with E-state index in [1.807, 2.05) is 19.1 Å². The smallest absolute Gasteiger partial charge is 0.138 e. The van der Waals surface area contributed by atoms with Crippen molar-refractivity contribution in [1.29, 1.82) is 5.26 Å². The van der Waals surface area contributed by atoms with Crippen molar-refractivity contribution in [3.05, 3.63) is 63.9 Å². The van der Waals surface area contributed by atoms with E-state index >= 15 is 0 Å². The van der Waals surface area contributed by atoms with E-state index in [0.717, 1.165) is 5.56 Å². The Labute approximate surface area is 116 Å². The van der Waals surface area contributed by atoms with Gasteiger partial charge in [-0.15, -0.1) is 0 Å². The Kier molecular flexibility index (Phi) is 4.03. The van der Waals surface area contributed by atoms with E-state index in [2.05, 4.69) is 0 Å². The molecule has 0 unspecified atom stereocenters. The second-order valence-corrected chi connectivity index (χ2v) is 4.55. The molecular formula is C15H11ClFNO. The molecule has 0 aromatic heterocycles. The summed E-state index contributed by atoms with van der Waals surface area (Å²) in [7, 11) is 0. The molecule has 0 saturated heterocycles. The lowest BCUT2D eigenvalue weighted by molar-refractivity contribution is 0.300. The average Bonchev–Trinajstić information content (AvgIpc) is 2.39. The zero-order valence-electron chi connectivity index (χ0n) is 10.3. The molecule has 2 aromatic carbocycles. The van der Waals surface area contributed by atoms with E-state index in [1.54, 1.807) is 18.2 Å². The van der Waals surface area contributed by atoms with Gasteiger partial charge in [-0.05, 0) is 36.8 Å². The highest BCUT2D eigenvalue weighted by Crippen LogP contribution is 2.26. The van der Waals surface area contributed by atoms with Gasteiger partial charge in [0.15, 0.2) is 0 Å². The van der Waals surface area contributed by atoms with Gasteiger partial charge in [-0.2, -0.15) is 5.26 Å². The number of hydrogen-bond donors (Lipinski definition) is 0. The van der Waals surface area contributed by atoms with Crippen molar-refractivity contribution in [3.63, 3.8) is 0 Å². The molecule has 2 nitrogen and oxygen atoms in total. The van der Waals surface area contributed by atoms with Crippen LogP contribution in [0.3, 0.4) is 0 Å². The summed E-state index contributed by atoms with van der Waals surface area (Å²) < 4.78 is 19.1. The van der Waals surface area contributed by atoms with Crippen LogP contribution in [0, 0.1) is 24.1 Å². The van der Waals surface area contributed by atoms with E-state index in [-0.39, 0.29) is 12.2 Å². The van der Waals surface area contributed by atoms with E-state index in [1.165, 1.54) is 12.1 Å². The van der Waals surface area contributed by atoms with Crippen LogP contribution in [-0.4, -0.2) is 0 Å². The van der Waals surface area contributed by atoms with Crippen molar-refractivity contribution in [2.24, 2.45) is 0 Å². The first kappa shape index (κ1) is 13.4. The Balaban J connectivity index is 2.13. The lowest BCUT2D eigenvalue weighted by atomic mass is 10.1. The highest BCUT2D eigenvalue weighted by atomic mass is 35.5. The highest BCUT2D eigenvalue weighted by molar-refractivity contribution is 6.32. The molecule has 2 aromatic rings. The molecule has 2 rings (SSSR count). The molecule has 0 aliphatic rings. The monoisotopic (exact) mass is 275 g/mol. The Bertz CT molecular complexity index is 649. The maximum Gasteiger partial charge on any atom is 0.138 e. The van der Waals surface area contributed by atoms with Gasteiger partial charge in [0.05, 0.1) is 16.7 Å². The predicted octanol–water partition coefficient (Wildman–Crippen LogP) is 4.24. The van der Waals surface area contributed by atoms with Crippen molar-refractivity contribution in [2.45, 2.75) is 13.5 Å². The number of nitriles is 1. The molecule has 0 bridgehead atoms. The van der Waals surface area contributed by atoms with Gasteiger partial charge in [0.2, 0.25) is 0 Å². The summed E-state index contributed by atoms with van der Waals surface area (Å²) in [4.78, 5) is 0. The molecule has 0 heterocycles. The molecule has 0 fully saturated rings. The molecule has 0 N–H and O–H groups in total. The summed E-state index contributed by atoms with van der Waals surface area (Å²) in [5.41, 5.74) is 1.70. The van der Waals surface area contributed by atoms with Gasteiger partial charge >= 0.3 is 0 Å². The van der Waals surface area contributed by atoms with Crippen molar-refractivity contribution < 1.29 is 9.13 Å². The van der Waals surface area contributed by atoms with Crippen molar-refractivity contribution in [1.82, 2.24) is 0 Å². The Morgan fingerprint density at radius 1 is 1.26 bits per heavy atom. The number of ether oxygens (including phenoxy) is 1. The Morgan fingerprint density at radius 2 is 2.05 bits per heavy atom. The van der Waals surface area contributed by atoms with Crippen molar-refractivity contribution >= 4 is 11.6 Å². The van der Waals surface area contributed by atoms with Crippen LogP contribution in [0.15, 0.2) is 36.4 Å². The van der Waals surface area contributed by atoms with Gasteiger partial charge in [-0.25, -0.2) is 4.39 Å². The van der Waals surface area contributed by atoms with E-state index in [9.17, 15) is 4.39 Å². The normalized spacial score (nSPS) is 10.0. The summed E-state index contributed by atoms with van der Waals surface area (Å²) in [5.74, 6) is 0.0540. The van der Waals surface area contributed by atoms with Crippen LogP contribution in [-0.2, 0) is 6.61 Å². The fraction of sp³-hybridized carbons (Fsp3) is 0.133. The molecule has 0 saturated carbocycles. The summed E-state index contributed by atoms with van der Waals surface area (Å²) in [5, 5.41) is 9.15. The molecule has 19 heavy (non-hydrogen) atoms. The minimum atomic E-state index is -0.456. The molecule has 96 valence electrons. The highest BCUT2D eigenvalue weighted by Gasteiger charge is 2.06. The molecule has 4 heteroatoms. The SMILES string of the molecule is Cc1ccc(OCc2ccc(C#N)cc2F)c(Cl)c1. The standard InChI is InChI=1S/C15H11ClFNO/c1-10-2-5-15(13(16)6-10)19-9-12-4-3-11(8-18)7-14(12)17/h2-7H,9H2,1H3. The minimum absolute atomic E-state index is 0.0698. The molecule has 0 aliphatic heterocycles. The van der Waals surface area contributed by atoms with Crippen molar-refractivity contribution in [3.8, 4) is 11.8 Å². The van der Waals surface area contributed by atoms with Gasteiger partial charge in [-0.3, -0.25) is 0 Å². The maximum atomic E-state index is 13.6. The van der Waals surface area contributed by atoms with Gasteiger partial charge in [0.1, 0.15) is 18.2 Å². The molecule has 0 amide bonds. The van der Waals surface area contributed by atoms with Crippen LogP contribution in [0.4, 0.5) is 4.39 Å². The molecule has 0 atom stereocenters. The fourth-order valence-electron chi connectivity index (χ4n) is 1.61. The van der Waals surface area contributed by atoms with Crippen LogP contribution in [0.5, 0.6) is 5.75 Å². The zero-order chi connectivity index (χ0) is 13.8. The van der Waals surface area contributed by atoms with Gasteiger partial charge in [0, 0.05) is 5.56 Å². The van der Waals surface area contributed by atoms with E-state index in [4.69, 9.17) is 21.6 Å². The summed E-state index contributed by atoms with van der Waals surface area (Å²) in [6.07, 6.45) is 0. The second kappa shape index (κ2) is 5.73. The first-order valence-electron chi connectivity index (χ1n) is 5.67. The maximum absolute atomic E-state index is 13.6.